The Morgan fingerprint density at radius 2 is 1.71 bits per heavy atom. The zero-order valence-corrected chi connectivity index (χ0v) is 22.0. The van der Waals surface area contributed by atoms with Crippen LogP contribution in [0.2, 0.25) is 0 Å². The number of rotatable bonds is 4. The van der Waals surface area contributed by atoms with E-state index in [1.54, 1.807) is 18.7 Å². The summed E-state index contributed by atoms with van der Waals surface area (Å²) in [5.41, 5.74) is 2.92. The molecule has 1 aromatic carbocycles. The Kier molecular flexibility index (Phi) is 7.11. The van der Waals surface area contributed by atoms with E-state index < -0.39 is 12.4 Å². The molecule has 1 aromatic heterocycles. The second-order valence-electron chi connectivity index (χ2n) is 10.2. The third kappa shape index (κ3) is 4.63. The van der Waals surface area contributed by atoms with E-state index >= 15 is 0 Å². The summed E-state index contributed by atoms with van der Waals surface area (Å²) < 4.78 is 34.9. The molecule has 0 radical (unpaired) electrons. The number of carbonyl (C=O) groups is 3. The molecular weight excluding hydrogens is 496 g/mol. The SMILES string of the molecule is COC(=O)c1cc2c(cc1C(F)F)N(c1nn(C3CCN(C(C)=O)CC3)c3c1CN(C(C)=O)CC3)CCC2. The molecule has 0 aliphatic carbocycles. The van der Waals surface area contributed by atoms with Crippen LogP contribution in [0.15, 0.2) is 12.1 Å². The number of likely N-dealkylation sites (tertiary alicyclic amines) is 1. The first-order chi connectivity index (χ1) is 18.2. The number of ether oxygens (including phenoxy) is 1. The van der Waals surface area contributed by atoms with Crippen LogP contribution in [0.4, 0.5) is 20.3 Å². The lowest BCUT2D eigenvalue weighted by Gasteiger charge is -2.33. The van der Waals surface area contributed by atoms with Crippen LogP contribution in [0, 0.1) is 0 Å². The molecule has 0 N–H and O–H groups in total. The third-order valence-corrected chi connectivity index (χ3v) is 8.03. The van der Waals surface area contributed by atoms with Gasteiger partial charge in [-0.3, -0.25) is 14.3 Å². The minimum atomic E-state index is -2.84. The topological polar surface area (TPSA) is 88.0 Å². The smallest absolute Gasteiger partial charge is 0.338 e. The molecule has 2 aromatic rings. The lowest BCUT2D eigenvalue weighted by atomic mass is 9.94. The van der Waals surface area contributed by atoms with Gasteiger partial charge in [-0.2, -0.15) is 5.10 Å². The highest BCUT2D eigenvalue weighted by atomic mass is 19.3. The number of alkyl halides is 2. The summed E-state index contributed by atoms with van der Waals surface area (Å²) in [5, 5.41) is 5.07. The number of aromatic nitrogens is 2. The largest absolute Gasteiger partial charge is 0.465 e. The number of piperidine rings is 1. The second-order valence-corrected chi connectivity index (χ2v) is 10.2. The highest BCUT2D eigenvalue weighted by Gasteiger charge is 2.35. The highest BCUT2D eigenvalue weighted by Crippen LogP contribution is 2.42. The Morgan fingerprint density at radius 1 is 1.00 bits per heavy atom. The monoisotopic (exact) mass is 529 g/mol. The number of aryl methyl sites for hydroxylation is 1. The van der Waals surface area contributed by atoms with Crippen molar-refractivity contribution in [1.29, 1.82) is 0 Å². The van der Waals surface area contributed by atoms with Crippen LogP contribution in [0.1, 0.15) is 78.3 Å². The van der Waals surface area contributed by atoms with Crippen LogP contribution in [0.3, 0.4) is 0 Å². The summed E-state index contributed by atoms with van der Waals surface area (Å²) in [5.74, 6) is -0.0662. The molecule has 0 saturated carbocycles. The number of hydrogen-bond acceptors (Lipinski definition) is 6. The lowest BCUT2D eigenvalue weighted by Crippen LogP contribution is -2.39. The predicted molar refractivity (Wildman–Crippen MR) is 136 cm³/mol. The molecule has 4 heterocycles. The average molecular weight is 530 g/mol. The molecule has 3 aliphatic heterocycles. The molecule has 1 saturated heterocycles. The van der Waals surface area contributed by atoms with Crippen molar-refractivity contribution in [1.82, 2.24) is 19.6 Å². The maximum Gasteiger partial charge on any atom is 0.338 e. The normalized spacial score (nSPS) is 17.9. The van der Waals surface area contributed by atoms with Crippen LogP contribution in [-0.2, 0) is 33.7 Å². The van der Waals surface area contributed by atoms with Gasteiger partial charge in [-0.15, -0.1) is 0 Å². The molecule has 1 fully saturated rings. The van der Waals surface area contributed by atoms with E-state index in [2.05, 4.69) is 4.68 Å². The van der Waals surface area contributed by atoms with Crippen molar-refractivity contribution in [3.8, 4) is 0 Å². The van der Waals surface area contributed by atoms with E-state index in [-0.39, 0.29) is 29.0 Å². The Balaban J connectivity index is 1.58. The third-order valence-electron chi connectivity index (χ3n) is 8.03. The quantitative estimate of drug-likeness (QED) is 0.561. The van der Waals surface area contributed by atoms with Gasteiger partial charge in [0.25, 0.3) is 6.43 Å². The first-order valence-corrected chi connectivity index (χ1v) is 13.1. The number of methoxy groups -OCH3 is 1. The summed E-state index contributed by atoms with van der Waals surface area (Å²) in [7, 11) is 1.18. The fourth-order valence-corrected chi connectivity index (χ4v) is 5.98. The average Bonchev–Trinajstić information content (AvgIpc) is 3.30. The molecule has 0 bridgehead atoms. The van der Waals surface area contributed by atoms with Crippen LogP contribution >= 0.6 is 0 Å². The van der Waals surface area contributed by atoms with Crippen LogP contribution in [-0.4, -0.2) is 70.7 Å². The Hall–Kier alpha value is -3.50. The number of amides is 2. The van der Waals surface area contributed by atoms with Gasteiger partial charge in [-0.1, -0.05) is 0 Å². The van der Waals surface area contributed by atoms with Gasteiger partial charge in [0, 0.05) is 69.0 Å². The van der Waals surface area contributed by atoms with Crippen molar-refractivity contribution in [3.05, 3.63) is 40.1 Å². The van der Waals surface area contributed by atoms with Gasteiger partial charge in [0.2, 0.25) is 11.8 Å². The molecule has 3 aliphatic rings. The van der Waals surface area contributed by atoms with Crippen molar-refractivity contribution < 1.29 is 27.9 Å². The standard InChI is InChI=1S/C27H33F2N5O4/c1-16(35)31-10-6-19(7-11-31)34-23-8-12-32(17(2)36)15-22(23)26(30-34)33-9-4-5-18-13-21(27(37)38-3)20(25(28)29)14-24(18)33/h13-14,19,25H,4-12,15H2,1-3H3. The number of hydrogen-bond donors (Lipinski definition) is 0. The summed E-state index contributed by atoms with van der Waals surface area (Å²) in [6.45, 7) is 6.02. The molecule has 38 heavy (non-hydrogen) atoms. The molecule has 11 heteroatoms. The Bertz CT molecular complexity index is 1270. The molecule has 9 nitrogen and oxygen atoms in total. The van der Waals surface area contributed by atoms with Crippen molar-refractivity contribution in [3.63, 3.8) is 0 Å². The van der Waals surface area contributed by atoms with E-state index in [1.807, 2.05) is 9.80 Å². The fourth-order valence-electron chi connectivity index (χ4n) is 5.98. The molecule has 0 spiro atoms. The van der Waals surface area contributed by atoms with Crippen molar-refractivity contribution in [2.24, 2.45) is 0 Å². The summed E-state index contributed by atoms with van der Waals surface area (Å²) in [4.78, 5) is 42.0. The number of carbonyl (C=O) groups excluding carboxylic acids is 3. The van der Waals surface area contributed by atoms with Crippen molar-refractivity contribution in [2.45, 2.75) is 65.0 Å². The van der Waals surface area contributed by atoms with Crippen molar-refractivity contribution in [2.75, 3.05) is 38.2 Å². The zero-order valence-electron chi connectivity index (χ0n) is 22.0. The number of anilines is 2. The summed E-state index contributed by atoms with van der Waals surface area (Å²) >= 11 is 0. The predicted octanol–water partition coefficient (Wildman–Crippen LogP) is 3.78. The van der Waals surface area contributed by atoms with Gasteiger partial charge >= 0.3 is 5.97 Å². The maximum atomic E-state index is 14.1. The van der Waals surface area contributed by atoms with Gasteiger partial charge in [-0.25, -0.2) is 13.6 Å². The number of halogens is 2. The van der Waals surface area contributed by atoms with E-state index in [0.717, 1.165) is 36.1 Å². The van der Waals surface area contributed by atoms with E-state index in [1.165, 1.54) is 19.2 Å². The van der Waals surface area contributed by atoms with E-state index in [0.29, 0.717) is 57.1 Å². The van der Waals surface area contributed by atoms with Gasteiger partial charge in [0.15, 0.2) is 5.82 Å². The summed E-state index contributed by atoms with van der Waals surface area (Å²) in [6, 6.07) is 3.03. The number of fused-ring (bicyclic) bond motifs is 2. The van der Waals surface area contributed by atoms with Crippen LogP contribution in [0.5, 0.6) is 0 Å². The molecule has 0 atom stereocenters. The molecule has 0 unspecified atom stereocenters. The van der Waals surface area contributed by atoms with Crippen LogP contribution < -0.4 is 4.90 Å². The molecule has 5 rings (SSSR count). The molecule has 204 valence electrons. The zero-order chi connectivity index (χ0) is 27.1. The number of nitrogens with zero attached hydrogens (tertiary/aromatic N) is 5. The first kappa shape index (κ1) is 26.1. The Morgan fingerprint density at radius 3 is 2.34 bits per heavy atom. The highest BCUT2D eigenvalue weighted by molar-refractivity contribution is 5.92. The van der Waals surface area contributed by atoms with E-state index in [4.69, 9.17) is 9.84 Å². The first-order valence-electron chi connectivity index (χ1n) is 13.1. The van der Waals surface area contributed by atoms with Gasteiger partial charge < -0.3 is 19.4 Å². The van der Waals surface area contributed by atoms with Crippen LogP contribution in [0.25, 0.3) is 0 Å². The van der Waals surface area contributed by atoms with E-state index in [9.17, 15) is 23.2 Å². The van der Waals surface area contributed by atoms with Crippen molar-refractivity contribution >= 4 is 29.3 Å². The number of benzene rings is 1. The van der Waals surface area contributed by atoms with Gasteiger partial charge in [-0.05, 0) is 43.4 Å². The minimum Gasteiger partial charge on any atom is -0.465 e. The minimum absolute atomic E-state index is 0.0223. The lowest BCUT2D eigenvalue weighted by molar-refractivity contribution is -0.130. The molecule has 2 amide bonds. The second kappa shape index (κ2) is 10.3. The summed E-state index contributed by atoms with van der Waals surface area (Å²) in [6.07, 6.45) is 0.765. The van der Waals surface area contributed by atoms with Gasteiger partial charge in [0.05, 0.1) is 25.3 Å². The van der Waals surface area contributed by atoms with Gasteiger partial charge in [0.1, 0.15) is 0 Å². The number of esters is 1. The molecular formula is C27H33F2N5O4. The fraction of sp³-hybridized carbons (Fsp3) is 0.556. The maximum absolute atomic E-state index is 14.1. The Labute approximate surface area is 220 Å².